The molecule has 1 N–H and O–H groups in total. The molecule has 3 aromatic rings. The highest BCUT2D eigenvalue weighted by molar-refractivity contribution is 6.36. The van der Waals surface area contributed by atoms with E-state index in [2.05, 4.69) is 15.2 Å². The Labute approximate surface area is 171 Å². The van der Waals surface area contributed by atoms with Gasteiger partial charge in [-0.1, -0.05) is 11.6 Å². The van der Waals surface area contributed by atoms with Crippen LogP contribution in [-0.2, 0) is 11.3 Å². The maximum Gasteiger partial charge on any atom is 0.373 e. The van der Waals surface area contributed by atoms with E-state index in [0.717, 1.165) is 0 Å². The Hall–Kier alpha value is -3.46. The number of nitrogens with one attached hydrogen (secondary N) is 1. The highest BCUT2D eigenvalue weighted by Gasteiger charge is 2.19. The van der Waals surface area contributed by atoms with Crippen molar-refractivity contribution in [3.05, 3.63) is 58.8 Å². The topological polar surface area (TPSA) is 105 Å². The minimum atomic E-state index is -0.559. The Morgan fingerprint density at radius 3 is 2.66 bits per heavy atom. The van der Waals surface area contributed by atoms with Gasteiger partial charge in [-0.25, -0.2) is 4.79 Å². The maximum absolute atomic E-state index is 12.6. The lowest BCUT2D eigenvalue weighted by molar-refractivity contribution is 0.0562. The van der Waals surface area contributed by atoms with Crippen LogP contribution < -0.4 is 14.8 Å². The summed E-state index contributed by atoms with van der Waals surface area (Å²) in [5.74, 6) is 0.321. The van der Waals surface area contributed by atoms with Gasteiger partial charge in [0, 0.05) is 6.20 Å². The summed E-state index contributed by atoms with van der Waals surface area (Å²) in [7, 11) is 4.20. The summed E-state index contributed by atoms with van der Waals surface area (Å²) in [6.07, 6.45) is 3.10. The third kappa shape index (κ3) is 4.35. The number of nitrogens with zero attached hydrogens (tertiary/aromatic N) is 2. The van der Waals surface area contributed by atoms with Crippen molar-refractivity contribution < 1.29 is 28.2 Å². The second-order valence-electron chi connectivity index (χ2n) is 5.80. The average molecular weight is 420 g/mol. The number of hydrogen-bond donors (Lipinski definition) is 1. The van der Waals surface area contributed by atoms with E-state index in [0.29, 0.717) is 17.2 Å². The zero-order valence-corrected chi connectivity index (χ0v) is 16.6. The minimum Gasteiger partial charge on any atom is -0.493 e. The van der Waals surface area contributed by atoms with Gasteiger partial charge >= 0.3 is 5.97 Å². The summed E-state index contributed by atoms with van der Waals surface area (Å²) in [6, 6.07) is 6.31. The molecule has 0 saturated heterocycles. The molecule has 29 heavy (non-hydrogen) atoms. The first-order valence-electron chi connectivity index (χ1n) is 8.38. The predicted molar refractivity (Wildman–Crippen MR) is 104 cm³/mol. The van der Waals surface area contributed by atoms with Gasteiger partial charge in [0.2, 0.25) is 5.76 Å². The quantitative estimate of drug-likeness (QED) is 0.586. The van der Waals surface area contributed by atoms with Gasteiger partial charge < -0.3 is 23.9 Å². The van der Waals surface area contributed by atoms with Gasteiger partial charge in [-0.2, -0.15) is 5.10 Å². The molecule has 0 aliphatic rings. The number of carbonyl (C=O) groups is 2. The number of methoxy groups -OCH3 is 3. The first-order chi connectivity index (χ1) is 14.0. The van der Waals surface area contributed by atoms with E-state index >= 15 is 0 Å². The normalized spacial score (nSPS) is 10.5. The number of carbonyl (C=O) groups excluding carboxylic acids is 2. The number of amides is 1. The standard InChI is InChI=1S/C19H18ClN3O6/c1-26-14-7-5-13(16(20)17(14)27-2)18(24)22-11-8-21-23(9-11)10-12-4-6-15(29-12)19(25)28-3/h4-9H,10H2,1-3H3,(H,22,24). The molecule has 9 nitrogen and oxygen atoms in total. The van der Waals surface area contributed by atoms with Gasteiger partial charge in [-0.3, -0.25) is 9.48 Å². The molecule has 0 spiro atoms. The first-order valence-corrected chi connectivity index (χ1v) is 8.76. The Bertz CT molecular complexity index is 1040. The molecule has 0 aliphatic carbocycles. The van der Waals surface area contributed by atoms with Crippen LogP contribution in [0.5, 0.6) is 11.5 Å². The van der Waals surface area contributed by atoms with Crippen molar-refractivity contribution in [3.63, 3.8) is 0 Å². The van der Waals surface area contributed by atoms with Gasteiger partial charge in [0.05, 0.1) is 50.3 Å². The number of furan rings is 1. The molecule has 1 amide bonds. The van der Waals surface area contributed by atoms with Gasteiger partial charge in [0.25, 0.3) is 5.91 Å². The first kappa shape index (κ1) is 20.3. The van der Waals surface area contributed by atoms with E-state index < -0.39 is 11.9 Å². The van der Waals surface area contributed by atoms with Crippen LogP contribution in [0.3, 0.4) is 0 Å². The van der Waals surface area contributed by atoms with Crippen molar-refractivity contribution >= 4 is 29.2 Å². The van der Waals surface area contributed by atoms with Crippen molar-refractivity contribution in [3.8, 4) is 11.5 Å². The second kappa shape index (κ2) is 8.70. The van der Waals surface area contributed by atoms with Crippen molar-refractivity contribution in [1.82, 2.24) is 9.78 Å². The van der Waals surface area contributed by atoms with Gasteiger partial charge in [-0.15, -0.1) is 0 Å². The highest BCUT2D eigenvalue weighted by atomic mass is 35.5. The average Bonchev–Trinajstić information content (AvgIpc) is 3.36. The molecule has 10 heteroatoms. The fourth-order valence-corrected chi connectivity index (χ4v) is 2.93. The Morgan fingerprint density at radius 2 is 1.97 bits per heavy atom. The van der Waals surface area contributed by atoms with Crippen LogP contribution >= 0.6 is 11.6 Å². The molecule has 3 rings (SSSR count). The highest BCUT2D eigenvalue weighted by Crippen LogP contribution is 2.37. The number of hydrogen-bond acceptors (Lipinski definition) is 7. The lowest BCUT2D eigenvalue weighted by Crippen LogP contribution is -2.12. The summed E-state index contributed by atoms with van der Waals surface area (Å²) in [5, 5.41) is 7.02. The van der Waals surface area contributed by atoms with Crippen LogP contribution in [0.25, 0.3) is 0 Å². The van der Waals surface area contributed by atoms with E-state index in [4.69, 9.17) is 25.5 Å². The van der Waals surface area contributed by atoms with Crippen LogP contribution in [0.15, 0.2) is 41.1 Å². The lowest BCUT2D eigenvalue weighted by atomic mass is 10.2. The Kier molecular flexibility index (Phi) is 6.08. The van der Waals surface area contributed by atoms with Crippen LogP contribution in [0.2, 0.25) is 5.02 Å². The van der Waals surface area contributed by atoms with Crippen molar-refractivity contribution in [2.24, 2.45) is 0 Å². The molecule has 2 aromatic heterocycles. The van der Waals surface area contributed by atoms with E-state index in [9.17, 15) is 9.59 Å². The maximum atomic E-state index is 12.6. The Morgan fingerprint density at radius 1 is 1.17 bits per heavy atom. The number of aromatic nitrogens is 2. The fraction of sp³-hybridized carbons (Fsp3) is 0.211. The molecule has 0 radical (unpaired) electrons. The number of esters is 1. The third-order valence-corrected chi connectivity index (χ3v) is 4.36. The lowest BCUT2D eigenvalue weighted by Gasteiger charge is -2.12. The predicted octanol–water partition coefficient (Wildman–Crippen LogP) is 3.23. The SMILES string of the molecule is COC(=O)c1ccc(Cn2cc(NC(=O)c3ccc(OC)c(OC)c3Cl)cn2)o1. The summed E-state index contributed by atoms with van der Waals surface area (Å²) in [6.45, 7) is 0.268. The number of rotatable bonds is 7. The zero-order chi connectivity index (χ0) is 21.0. The third-order valence-electron chi connectivity index (χ3n) is 3.99. The van der Waals surface area contributed by atoms with Gasteiger partial charge in [0.15, 0.2) is 11.5 Å². The summed E-state index contributed by atoms with van der Waals surface area (Å²) in [4.78, 5) is 24.0. The molecule has 0 bridgehead atoms. The number of anilines is 1. The van der Waals surface area contributed by atoms with E-state index in [1.807, 2.05) is 0 Å². The van der Waals surface area contributed by atoms with Crippen LogP contribution in [0.4, 0.5) is 5.69 Å². The second-order valence-corrected chi connectivity index (χ2v) is 6.18. The van der Waals surface area contributed by atoms with E-state index in [-0.39, 0.29) is 28.6 Å². The molecule has 0 fully saturated rings. The molecule has 0 atom stereocenters. The summed E-state index contributed by atoms with van der Waals surface area (Å²) < 4.78 is 21.9. The Balaban J connectivity index is 1.71. The molecule has 0 aliphatic heterocycles. The molecule has 0 unspecified atom stereocenters. The van der Waals surface area contributed by atoms with Crippen molar-refractivity contribution in [2.75, 3.05) is 26.6 Å². The number of ether oxygens (including phenoxy) is 3. The molecular formula is C19H18ClN3O6. The largest absolute Gasteiger partial charge is 0.493 e. The summed E-state index contributed by atoms with van der Waals surface area (Å²) in [5.41, 5.74) is 0.687. The van der Waals surface area contributed by atoms with Crippen LogP contribution in [-0.4, -0.2) is 43.0 Å². The van der Waals surface area contributed by atoms with E-state index in [1.165, 1.54) is 33.6 Å². The summed E-state index contributed by atoms with van der Waals surface area (Å²) >= 11 is 6.27. The number of benzene rings is 1. The van der Waals surface area contributed by atoms with E-state index in [1.54, 1.807) is 29.1 Å². The molecule has 152 valence electrons. The molecule has 1 aromatic carbocycles. The van der Waals surface area contributed by atoms with Gasteiger partial charge in [-0.05, 0) is 24.3 Å². The molecule has 2 heterocycles. The van der Waals surface area contributed by atoms with Crippen molar-refractivity contribution in [1.29, 1.82) is 0 Å². The minimum absolute atomic E-state index is 0.103. The van der Waals surface area contributed by atoms with Crippen molar-refractivity contribution in [2.45, 2.75) is 6.54 Å². The fourth-order valence-electron chi connectivity index (χ4n) is 2.61. The van der Waals surface area contributed by atoms with Crippen LogP contribution in [0.1, 0.15) is 26.7 Å². The van der Waals surface area contributed by atoms with Crippen LogP contribution in [0, 0.1) is 0 Å². The smallest absolute Gasteiger partial charge is 0.373 e. The number of halogens is 1. The molecular weight excluding hydrogens is 402 g/mol. The van der Waals surface area contributed by atoms with Gasteiger partial charge in [0.1, 0.15) is 5.76 Å². The molecule has 0 saturated carbocycles. The zero-order valence-electron chi connectivity index (χ0n) is 15.9. The monoisotopic (exact) mass is 419 g/mol.